The van der Waals surface area contributed by atoms with E-state index < -0.39 is 9.85 Å². The van der Waals surface area contributed by atoms with Crippen LogP contribution in [0.15, 0.2) is 18.2 Å². The van der Waals surface area contributed by atoms with E-state index in [2.05, 4.69) is 0 Å². The average molecular weight is 254 g/mol. The molecule has 8 heteroatoms. The lowest BCUT2D eigenvalue weighted by Gasteiger charge is -2.15. The summed E-state index contributed by atoms with van der Waals surface area (Å²) >= 11 is 0. The fourth-order valence-electron chi connectivity index (χ4n) is 1.56. The van der Waals surface area contributed by atoms with Crippen LogP contribution in [0.1, 0.15) is 5.56 Å². The lowest BCUT2D eigenvalue weighted by molar-refractivity contribution is -0.394. The molecule has 1 aromatic carbocycles. The molecule has 0 atom stereocenters. The van der Waals surface area contributed by atoms with Crippen molar-refractivity contribution in [3.8, 4) is 0 Å². The van der Waals surface area contributed by atoms with Gasteiger partial charge in [0.15, 0.2) is 0 Å². The summed E-state index contributed by atoms with van der Waals surface area (Å²) < 4.78 is 0. The minimum Gasteiger partial charge on any atom is -0.329 e. The molecule has 1 rings (SSSR count). The summed E-state index contributed by atoms with van der Waals surface area (Å²) in [6.45, 7) is 1.36. The van der Waals surface area contributed by atoms with Crippen molar-refractivity contribution < 1.29 is 9.85 Å². The fourth-order valence-corrected chi connectivity index (χ4v) is 1.56. The number of nitro groups is 2. The lowest BCUT2D eigenvalue weighted by atomic mass is 10.1. The van der Waals surface area contributed by atoms with E-state index in [1.165, 1.54) is 12.1 Å². The highest BCUT2D eigenvalue weighted by atomic mass is 16.6. The van der Waals surface area contributed by atoms with Gasteiger partial charge in [0.1, 0.15) is 0 Å². The third-order valence-electron chi connectivity index (χ3n) is 2.43. The maximum absolute atomic E-state index is 10.9. The monoisotopic (exact) mass is 254 g/mol. The molecular weight excluding hydrogens is 240 g/mol. The van der Waals surface area contributed by atoms with Crippen molar-refractivity contribution in [1.82, 2.24) is 4.90 Å². The van der Waals surface area contributed by atoms with E-state index in [-0.39, 0.29) is 11.4 Å². The van der Waals surface area contributed by atoms with Crippen LogP contribution in [0, 0.1) is 20.2 Å². The van der Waals surface area contributed by atoms with Crippen molar-refractivity contribution in [3.05, 3.63) is 44.0 Å². The Morgan fingerprint density at radius 2 is 1.94 bits per heavy atom. The molecule has 0 fully saturated rings. The molecule has 0 aromatic heterocycles. The molecule has 18 heavy (non-hydrogen) atoms. The zero-order valence-electron chi connectivity index (χ0n) is 9.91. The number of rotatable bonds is 6. The predicted molar refractivity (Wildman–Crippen MR) is 65.1 cm³/mol. The topological polar surface area (TPSA) is 116 Å². The van der Waals surface area contributed by atoms with Crippen LogP contribution in [-0.4, -0.2) is 34.9 Å². The summed E-state index contributed by atoms with van der Waals surface area (Å²) in [4.78, 5) is 22.0. The Morgan fingerprint density at radius 1 is 1.28 bits per heavy atom. The van der Waals surface area contributed by atoms with Gasteiger partial charge in [-0.3, -0.25) is 20.2 Å². The number of likely N-dealkylation sites (N-methyl/N-ethyl adjacent to an activating group) is 1. The Morgan fingerprint density at radius 3 is 2.44 bits per heavy atom. The number of nitrogens with zero attached hydrogens (tertiary/aromatic N) is 3. The molecule has 0 heterocycles. The highest BCUT2D eigenvalue weighted by Crippen LogP contribution is 2.25. The maximum Gasteiger partial charge on any atom is 0.280 e. The summed E-state index contributed by atoms with van der Waals surface area (Å²) in [5.74, 6) is 0. The second-order valence-corrected chi connectivity index (χ2v) is 3.85. The third-order valence-corrected chi connectivity index (χ3v) is 2.43. The second-order valence-electron chi connectivity index (χ2n) is 3.85. The van der Waals surface area contributed by atoms with Gasteiger partial charge in [0.2, 0.25) is 0 Å². The van der Waals surface area contributed by atoms with Gasteiger partial charge in [0, 0.05) is 31.3 Å². The first-order valence-electron chi connectivity index (χ1n) is 5.26. The van der Waals surface area contributed by atoms with Gasteiger partial charge in [0.05, 0.1) is 15.9 Å². The molecule has 2 N–H and O–H groups in total. The lowest BCUT2D eigenvalue weighted by Crippen LogP contribution is -2.25. The van der Waals surface area contributed by atoms with E-state index in [9.17, 15) is 20.2 Å². The first-order chi connectivity index (χ1) is 8.45. The van der Waals surface area contributed by atoms with Gasteiger partial charge in [-0.1, -0.05) is 0 Å². The summed E-state index contributed by atoms with van der Waals surface area (Å²) in [5, 5.41) is 21.4. The zero-order chi connectivity index (χ0) is 13.7. The zero-order valence-corrected chi connectivity index (χ0v) is 9.91. The summed E-state index contributed by atoms with van der Waals surface area (Å²) in [6.07, 6.45) is 0. The van der Waals surface area contributed by atoms with E-state index in [1.54, 1.807) is 7.05 Å². The molecule has 0 saturated heterocycles. The Bertz CT molecular complexity index is 463. The van der Waals surface area contributed by atoms with Crippen molar-refractivity contribution in [2.24, 2.45) is 5.73 Å². The molecule has 0 amide bonds. The van der Waals surface area contributed by atoms with Crippen LogP contribution < -0.4 is 5.73 Å². The van der Waals surface area contributed by atoms with Crippen molar-refractivity contribution in [1.29, 1.82) is 0 Å². The number of benzene rings is 1. The smallest absolute Gasteiger partial charge is 0.280 e. The van der Waals surface area contributed by atoms with Gasteiger partial charge in [-0.05, 0) is 13.1 Å². The van der Waals surface area contributed by atoms with Gasteiger partial charge in [0.25, 0.3) is 11.4 Å². The average Bonchev–Trinajstić information content (AvgIpc) is 2.29. The minimum atomic E-state index is -0.652. The quantitative estimate of drug-likeness (QED) is 0.595. The van der Waals surface area contributed by atoms with Crippen LogP contribution in [0.5, 0.6) is 0 Å². The van der Waals surface area contributed by atoms with Gasteiger partial charge in [-0.15, -0.1) is 0 Å². The van der Waals surface area contributed by atoms with E-state index in [1.807, 2.05) is 4.90 Å². The van der Waals surface area contributed by atoms with Gasteiger partial charge in [-0.2, -0.15) is 0 Å². The van der Waals surface area contributed by atoms with Crippen molar-refractivity contribution in [2.75, 3.05) is 20.1 Å². The molecule has 0 unspecified atom stereocenters. The highest BCUT2D eigenvalue weighted by molar-refractivity contribution is 5.49. The van der Waals surface area contributed by atoms with Gasteiger partial charge < -0.3 is 10.6 Å². The molecule has 0 aliphatic heterocycles. The first-order valence-corrected chi connectivity index (χ1v) is 5.26. The molecule has 0 aliphatic carbocycles. The molecule has 8 nitrogen and oxygen atoms in total. The second kappa shape index (κ2) is 6.03. The number of non-ortho nitro benzene ring substituents is 1. The third kappa shape index (κ3) is 3.47. The van der Waals surface area contributed by atoms with E-state index in [4.69, 9.17) is 5.73 Å². The Balaban J connectivity index is 3.04. The molecule has 1 aromatic rings. The molecule has 0 saturated carbocycles. The van der Waals surface area contributed by atoms with Crippen molar-refractivity contribution in [3.63, 3.8) is 0 Å². The Labute approximate surface area is 103 Å². The van der Waals surface area contributed by atoms with Crippen LogP contribution in [0.3, 0.4) is 0 Å². The fraction of sp³-hybridized carbons (Fsp3) is 0.400. The van der Waals surface area contributed by atoms with Gasteiger partial charge >= 0.3 is 0 Å². The number of hydrogen-bond donors (Lipinski definition) is 1. The number of hydrogen-bond acceptors (Lipinski definition) is 6. The van der Waals surface area contributed by atoms with Crippen molar-refractivity contribution >= 4 is 11.4 Å². The van der Waals surface area contributed by atoms with E-state index in [0.717, 1.165) is 6.07 Å². The predicted octanol–water partition coefficient (Wildman–Crippen LogP) is 0.894. The highest BCUT2D eigenvalue weighted by Gasteiger charge is 2.19. The van der Waals surface area contributed by atoms with Crippen molar-refractivity contribution in [2.45, 2.75) is 6.54 Å². The minimum absolute atomic E-state index is 0.243. The van der Waals surface area contributed by atoms with Crippen LogP contribution >= 0.6 is 0 Å². The molecule has 0 aliphatic rings. The molecular formula is C10H14N4O4. The summed E-state index contributed by atoms with van der Waals surface area (Å²) in [6, 6.07) is 3.65. The van der Waals surface area contributed by atoms with Crippen LogP contribution in [0.2, 0.25) is 0 Å². The normalized spacial score (nSPS) is 10.6. The first kappa shape index (κ1) is 14.0. The largest absolute Gasteiger partial charge is 0.329 e. The number of nitrogens with two attached hydrogens (primary N) is 1. The standard InChI is InChI=1S/C10H14N4O4/c1-12(5-4-11)7-8-2-3-9(13(15)16)6-10(8)14(17)18/h2-3,6H,4-5,7,11H2,1H3. The molecule has 0 bridgehead atoms. The van der Waals surface area contributed by atoms with E-state index >= 15 is 0 Å². The molecule has 0 radical (unpaired) electrons. The van der Waals surface area contributed by atoms with Crippen LogP contribution in [0.25, 0.3) is 0 Å². The van der Waals surface area contributed by atoms with E-state index in [0.29, 0.717) is 25.2 Å². The number of nitro benzene ring substituents is 2. The van der Waals surface area contributed by atoms with Crippen LogP contribution in [-0.2, 0) is 6.54 Å². The summed E-state index contributed by atoms with van der Waals surface area (Å²) in [5.41, 5.74) is 5.28. The SMILES string of the molecule is CN(CCN)Cc1ccc([N+](=O)[O-])cc1[N+](=O)[O-]. The Hall–Kier alpha value is -2.06. The molecule has 0 spiro atoms. The Kier molecular flexibility index (Phi) is 4.69. The van der Waals surface area contributed by atoms with Gasteiger partial charge in [-0.25, -0.2) is 0 Å². The summed E-state index contributed by atoms with van der Waals surface area (Å²) in [7, 11) is 1.78. The maximum atomic E-state index is 10.9. The van der Waals surface area contributed by atoms with Crippen LogP contribution in [0.4, 0.5) is 11.4 Å². The molecule has 98 valence electrons.